The Balaban J connectivity index is 1.37. The average molecular weight is 368 g/mol. The number of hydrogen-bond acceptors (Lipinski definition) is 5. The summed E-state index contributed by atoms with van der Waals surface area (Å²) in [6, 6.07) is 12.7. The van der Waals surface area contributed by atoms with Gasteiger partial charge in [-0.05, 0) is 42.0 Å². The number of amides is 2. The molecular formula is C20H20N2O5. The van der Waals surface area contributed by atoms with Gasteiger partial charge in [0.15, 0.2) is 11.5 Å². The van der Waals surface area contributed by atoms with Crippen molar-refractivity contribution in [1.29, 1.82) is 0 Å². The van der Waals surface area contributed by atoms with Crippen LogP contribution in [-0.4, -0.2) is 37.2 Å². The first-order valence-corrected chi connectivity index (χ1v) is 8.73. The maximum absolute atomic E-state index is 12.5. The van der Waals surface area contributed by atoms with Crippen molar-refractivity contribution in [3.63, 3.8) is 0 Å². The van der Waals surface area contributed by atoms with Crippen molar-refractivity contribution in [3.05, 3.63) is 48.0 Å². The summed E-state index contributed by atoms with van der Waals surface area (Å²) in [4.78, 5) is 26.5. The molecule has 2 amide bonds. The van der Waals surface area contributed by atoms with Crippen LogP contribution in [-0.2, 0) is 16.1 Å². The van der Waals surface area contributed by atoms with E-state index < -0.39 is 0 Å². The van der Waals surface area contributed by atoms with E-state index in [9.17, 15) is 9.59 Å². The predicted molar refractivity (Wildman–Crippen MR) is 97.7 cm³/mol. The van der Waals surface area contributed by atoms with Gasteiger partial charge in [-0.2, -0.15) is 0 Å². The molecule has 7 nitrogen and oxygen atoms in total. The summed E-state index contributed by atoms with van der Waals surface area (Å²) in [5.74, 6) is 1.58. The average Bonchev–Trinajstić information content (AvgIpc) is 3.29. The van der Waals surface area contributed by atoms with E-state index in [1.807, 2.05) is 18.2 Å². The maximum Gasteiger partial charge on any atom is 0.231 e. The number of benzene rings is 2. The van der Waals surface area contributed by atoms with Gasteiger partial charge in [0.25, 0.3) is 0 Å². The van der Waals surface area contributed by atoms with Crippen molar-refractivity contribution >= 4 is 17.5 Å². The van der Waals surface area contributed by atoms with Crippen LogP contribution >= 0.6 is 0 Å². The number of carbonyl (C=O) groups excluding carboxylic acids is 2. The standard InChI is InChI=1S/C20H20N2O5/c1-25-16-5-3-15(4-6-16)21-20(24)14-9-19(23)22(11-14)10-13-2-7-17-18(8-13)27-12-26-17/h2-8,14H,9-12H2,1H3,(H,21,24). The Kier molecular flexibility index (Phi) is 4.58. The monoisotopic (exact) mass is 368 g/mol. The van der Waals surface area contributed by atoms with Gasteiger partial charge in [0.05, 0.1) is 13.0 Å². The third-order valence-electron chi connectivity index (χ3n) is 4.75. The van der Waals surface area contributed by atoms with Crippen LogP contribution in [0, 0.1) is 5.92 Å². The fourth-order valence-corrected chi connectivity index (χ4v) is 3.28. The summed E-state index contributed by atoms with van der Waals surface area (Å²) in [7, 11) is 1.59. The Morgan fingerprint density at radius 3 is 2.74 bits per heavy atom. The fraction of sp³-hybridized carbons (Fsp3) is 0.300. The molecule has 1 fully saturated rings. The van der Waals surface area contributed by atoms with Gasteiger partial charge in [-0.1, -0.05) is 6.07 Å². The van der Waals surface area contributed by atoms with Crippen LogP contribution in [0.3, 0.4) is 0 Å². The third-order valence-corrected chi connectivity index (χ3v) is 4.75. The number of nitrogens with zero attached hydrogens (tertiary/aromatic N) is 1. The maximum atomic E-state index is 12.5. The Labute approximate surface area is 156 Å². The Morgan fingerprint density at radius 2 is 1.96 bits per heavy atom. The minimum absolute atomic E-state index is 0.0254. The van der Waals surface area contributed by atoms with Crippen molar-refractivity contribution in [2.24, 2.45) is 5.92 Å². The number of rotatable bonds is 5. The minimum Gasteiger partial charge on any atom is -0.497 e. The van der Waals surface area contributed by atoms with E-state index in [1.165, 1.54) is 0 Å². The van der Waals surface area contributed by atoms with E-state index in [1.54, 1.807) is 36.3 Å². The van der Waals surface area contributed by atoms with Gasteiger partial charge >= 0.3 is 0 Å². The molecule has 1 unspecified atom stereocenters. The molecule has 0 bridgehead atoms. The molecular weight excluding hydrogens is 348 g/mol. The summed E-state index contributed by atoms with van der Waals surface area (Å²) in [5.41, 5.74) is 1.63. The first-order chi connectivity index (χ1) is 13.1. The lowest BCUT2D eigenvalue weighted by atomic mass is 10.1. The second-order valence-corrected chi connectivity index (χ2v) is 6.58. The Hall–Kier alpha value is -3.22. The topological polar surface area (TPSA) is 77.1 Å². The number of carbonyl (C=O) groups is 2. The van der Waals surface area contributed by atoms with E-state index in [2.05, 4.69) is 5.32 Å². The molecule has 0 saturated carbocycles. The molecule has 0 aliphatic carbocycles. The normalized spacial score (nSPS) is 17.9. The molecule has 2 aliphatic heterocycles. The molecule has 7 heteroatoms. The molecule has 2 heterocycles. The summed E-state index contributed by atoms with van der Waals surface area (Å²) in [6.07, 6.45) is 0.215. The summed E-state index contributed by atoms with van der Waals surface area (Å²) in [5, 5.41) is 2.86. The minimum atomic E-state index is -0.367. The lowest BCUT2D eigenvalue weighted by Gasteiger charge is -2.17. The third kappa shape index (κ3) is 3.67. The summed E-state index contributed by atoms with van der Waals surface area (Å²) in [6.45, 7) is 1.06. The highest BCUT2D eigenvalue weighted by Crippen LogP contribution is 2.33. The van der Waals surface area contributed by atoms with Crippen LogP contribution in [0.4, 0.5) is 5.69 Å². The van der Waals surface area contributed by atoms with E-state index in [-0.39, 0.29) is 30.9 Å². The number of hydrogen-bond donors (Lipinski definition) is 1. The molecule has 1 saturated heterocycles. The lowest BCUT2D eigenvalue weighted by molar-refractivity contribution is -0.128. The lowest BCUT2D eigenvalue weighted by Crippen LogP contribution is -2.28. The molecule has 2 aliphatic rings. The van der Waals surface area contributed by atoms with Crippen molar-refractivity contribution < 1.29 is 23.8 Å². The zero-order valence-corrected chi connectivity index (χ0v) is 14.9. The van der Waals surface area contributed by atoms with Gasteiger partial charge in [-0.15, -0.1) is 0 Å². The predicted octanol–water partition coefficient (Wildman–Crippen LogP) is 2.41. The highest BCUT2D eigenvalue weighted by Gasteiger charge is 2.34. The smallest absolute Gasteiger partial charge is 0.231 e. The highest BCUT2D eigenvalue weighted by atomic mass is 16.7. The molecule has 1 atom stereocenters. The van der Waals surface area contributed by atoms with E-state index >= 15 is 0 Å². The summed E-state index contributed by atoms with van der Waals surface area (Å²) >= 11 is 0. The summed E-state index contributed by atoms with van der Waals surface area (Å²) < 4.78 is 15.8. The van der Waals surface area contributed by atoms with Gasteiger partial charge in [-0.3, -0.25) is 9.59 Å². The van der Waals surface area contributed by atoms with Crippen molar-refractivity contribution in [3.8, 4) is 17.2 Å². The van der Waals surface area contributed by atoms with Crippen LogP contribution in [0.2, 0.25) is 0 Å². The number of nitrogens with one attached hydrogen (secondary N) is 1. The first-order valence-electron chi connectivity index (χ1n) is 8.73. The van der Waals surface area contributed by atoms with E-state index in [0.717, 1.165) is 11.3 Å². The molecule has 0 aromatic heterocycles. The number of ether oxygens (including phenoxy) is 3. The van der Waals surface area contributed by atoms with E-state index in [4.69, 9.17) is 14.2 Å². The number of likely N-dealkylation sites (tertiary alicyclic amines) is 1. The van der Waals surface area contributed by atoms with Crippen molar-refractivity contribution in [2.45, 2.75) is 13.0 Å². The van der Waals surface area contributed by atoms with Crippen LogP contribution in [0.25, 0.3) is 0 Å². The number of anilines is 1. The molecule has 140 valence electrons. The van der Waals surface area contributed by atoms with Crippen LogP contribution < -0.4 is 19.5 Å². The zero-order valence-electron chi connectivity index (χ0n) is 14.9. The molecule has 2 aromatic rings. The Bertz CT molecular complexity index is 865. The number of methoxy groups -OCH3 is 1. The van der Waals surface area contributed by atoms with Gasteiger partial charge in [0.1, 0.15) is 5.75 Å². The van der Waals surface area contributed by atoms with Gasteiger partial charge < -0.3 is 24.4 Å². The largest absolute Gasteiger partial charge is 0.497 e. The highest BCUT2D eigenvalue weighted by molar-refractivity contribution is 5.97. The van der Waals surface area contributed by atoms with E-state index in [0.29, 0.717) is 30.3 Å². The van der Waals surface area contributed by atoms with Crippen molar-refractivity contribution in [1.82, 2.24) is 4.90 Å². The Morgan fingerprint density at radius 1 is 1.19 bits per heavy atom. The molecule has 1 N–H and O–H groups in total. The molecule has 4 rings (SSSR count). The molecule has 2 aromatic carbocycles. The molecule has 27 heavy (non-hydrogen) atoms. The second kappa shape index (κ2) is 7.19. The van der Waals surface area contributed by atoms with Crippen LogP contribution in [0.5, 0.6) is 17.2 Å². The molecule has 0 radical (unpaired) electrons. The SMILES string of the molecule is COc1ccc(NC(=O)C2CC(=O)N(Cc3ccc4c(c3)OCO4)C2)cc1. The second-order valence-electron chi connectivity index (χ2n) is 6.58. The van der Waals surface area contributed by atoms with Crippen LogP contribution in [0.15, 0.2) is 42.5 Å². The van der Waals surface area contributed by atoms with Gasteiger partial charge in [0, 0.05) is 25.2 Å². The van der Waals surface area contributed by atoms with Crippen LogP contribution in [0.1, 0.15) is 12.0 Å². The zero-order chi connectivity index (χ0) is 18.8. The molecule has 0 spiro atoms. The quantitative estimate of drug-likeness (QED) is 0.877. The van der Waals surface area contributed by atoms with Gasteiger partial charge in [-0.25, -0.2) is 0 Å². The first kappa shape index (κ1) is 17.2. The van der Waals surface area contributed by atoms with Gasteiger partial charge in [0.2, 0.25) is 18.6 Å². The fourth-order valence-electron chi connectivity index (χ4n) is 3.28. The number of fused-ring (bicyclic) bond motifs is 1. The van der Waals surface area contributed by atoms with Crippen molar-refractivity contribution in [2.75, 3.05) is 25.8 Å².